The third-order valence-electron chi connectivity index (χ3n) is 3.80. The number of halogens is 1. The Labute approximate surface area is 148 Å². The lowest BCUT2D eigenvalue weighted by Crippen LogP contribution is -2.33. The molecule has 3 rings (SSSR count). The number of benzene rings is 2. The summed E-state index contributed by atoms with van der Waals surface area (Å²) in [7, 11) is 1.26. The quantitative estimate of drug-likeness (QED) is 0.606. The Morgan fingerprint density at radius 1 is 1.08 bits per heavy atom. The number of carbonyl (C=O) groups is 3. The first-order chi connectivity index (χ1) is 12.0. The molecule has 0 radical (unpaired) electrons. The summed E-state index contributed by atoms with van der Waals surface area (Å²) in [5, 5.41) is 0.369. The first kappa shape index (κ1) is 17.0. The number of ether oxygens (including phenoxy) is 2. The highest BCUT2D eigenvalue weighted by Crippen LogP contribution is 2.25. The van der Waals surface area contributed by atoms with Crippen LogP contribution in [0.25, 0.3) is 0 Å². The van der Waals surface area contributed by atoms with E-state index in [2.05, 4.69) is 0 Å². The van der Waals surface area contributed by atoms with Gasteiger partial charge in [0.05, 0.1) is 24.8 Å². The Morgan fingerprint density at radius 3 is 2.32 bits per heavy atom. The van der Waals surface area contributed by atoms with Gasteiger partial charge in [-0.1, -0.05) is 23.7 Å². The molecule has 0 aliphatic carbocycles. The molecule has 2 aromatic rings. The zero-order valence-corrected chi connectivity index (χ0v) is 14.1. The van der Waals surface area contributed by atoms with Gasteiger partial charge in [-0.15, -0.1) is 0 Å². The number of hydrogen-bond acceptors (Lipinski definition) is 5. The number of imide groups is 1. The van der Waals surface area contributed by atoms with Crippen LogP contribution in [0.2, 0.25) is 5.02 Å². The van der Waals surface area contributed by atoms with Crippen molar-refractivity contribution < 1.29 is 23.9 Å². The first-order valence-corrected chi connectivity index (χ1v) is 7.86. The number of carbonyl (C=O) groups excluding carboxylic acids is 3. The molecule has 7 heteroatoms. The molecule has 1 heterocycles. The van der Waals surface area contributed by atoms with Gasteiger partial charge in [-0.25, -0.2) is 4.79 Å². The van der Waals surface area contributed by atoms with E-state index in [0.717, 1.165) is 4.90 Å². The van der Waals surface area contributed by atoms with Crippen LogP contribution in [0, 0.1) is 0 Å². The number of fused-ring (bicyclic) bond motifs is 1. The molecule has 0 N–H and O–H groups in total. The molecule has 0 saturated heterocycles. The molecule has 0 bridgehead atoms. The normalized spacial score (nSPS) is 13.0. The fourth-order valence-corrected chi connectivity index (χ4v) is 2.76. The number of esters is 1. The van der Waals surface area contributed by atoms with Crippen LogP contribution in [0.3, 0.4) is 0 Å². The second kappa shape index (κ2) is 6.94. The Morgan fingerprint density at radius 2 is 1.72 bits per heavy atom. The van der Waals surface area contributed by atoms with Crippen LogP contribution in [-0.4, -0.2) is 42.9 Å². The van der Waals surface area contributed by atoms with E-state index >= 15 is 0 Å². The third-order valence-corrected chi connectivity index (χ3v) is 4.03. The van der Waals surface area contributed by atoms with Gasteiger partial charge in [0, 0.05) is 5.02 Å². The molecule has 2 aromatic carbocycles. The second-order valence-electron chi connectivity index (χ2n) is 5.29. The number of rotatable bonds is 5. The zero-order valence-electron chi connectivity index (χ0n) is 13.3. The molecule has 6 nitrogen and oxygen atoms in total. The molecular weight excluding hydrogens is 346 g/mol. The van der Waals surface area contributed by atoms with Crippen molar-refractivity contribution in [2.24, 2.45) is 0 Å². The van der Waals surface area contributed by atoms with Crippen molar-refractivity contribution in [2.45, 2.75) is 0 Å². The second-order valence-corrected chi connectivity index (χ2v) is 5.72. The molecule has 0 atom stereocenters. The monoisotopic (exact) mass is 359 g/mol. The maximum atomic E-state index is 12.3. The highest BCUT2D eigenvalue weighted by molar-refractivity contribution is 6.31. The van der Waals surface area contributed by atoms with Gasteiger partial charge in [-0.3, -0.25) is 14.5 Å². The summed E-state index contributed by atoms with van der Waals surface area (Å²) < 4.78 is 10.3. The minimum absolute atomic E-state index is 0.0388. The van der Waals surface area contributed by atoms with E-state index in [9.17, 15) is 14.4 Å². The third kappa shape index (κ3) is 3.21. The van der Waals surface area contributed by atoms with Crippen LogP contribution in [-0.2, 0) is 4.74 Å². The van der Waals surface area contributed by atoms with E-state index in [-0.39, 0.29) is 36.3 Å². The average molecular weight is 360 g/mol. The fraction of sp³-hybridized carbons (Fsp3) is 0.167. The maximum Gasteiger partial charge on any atom is 0.341 e. The van der Waals surface area contributed by atoms with E-state index in [1.54, 1.807) is 30.3 Å². The van der Waals surface area contributed by atoms with Gasteiger partial charge in [0.1, 0.15) is 17.9 Å². The summed E-state index contributed by atoms with van der Waals surface area (Å²) in [5.74, 6) is -1.02. The molecule has 0 spiro atoms. The van der Waals surface area contributed by atoms with E-state index < -0.39 is 5.97 Å². The lowest BCUT2D eigenvalue weighted by atomic mass is 10.1. The van der Waals surface area contributed by atoms with E-state index in [4.69, 9.17) is 21.1 Å². The van der Waals surface area contributed by atoms with Crippen LogP contribution >= 0.6 is 11.6 Å². The lowest BCUT2D eigenvalue weighted by Gasteiger charge is -2.15. The molecule has 1 aliphatic heterocycles. The number of methoxy groups -OCH3 is 1. The van der Waals surface area contributed by atoms with Crippen LogP contribution in [0.15, 0.2) is 42.5 Å². The Hall–Kier alpha value is -2.86. The Kier molecular flexibility index (Phi) is 4.72. The Bertz CT molecular complexity index is 829. The molecule has 0 saturated carbocycles. The molecule has 0 fully saturated rings. The average Bonchev–Trinajstić information content (AvgIpc) is 2.87. The van der Waals surface area contributed by atoms with Gasteiger partial charge in [0.15, 0.2) is 0 Å². The Balaban J connectivity index is 1.70. The highest BCUT2D eigenvalue weighted by atomic mass is 35.5. The summed E-state index contributed by atoms with van der Waals surface area (Å²) >= 11 is 5.88. The maximum absolute atomic E-state index is 12.3. The summed E-state index contributed by atoms with van der Waals surface area (Å²) in [4.78, 5) is 37.4. The molecule has 128 valence electrons. The van der Waals surface area contributed by atoms with E-state index in [0.29, 0.717) is 16.1 Å². The minimum atomic E-state index is -0.585. The van der Waals surface area contributed by atoms with Gasteiger partial charge >= 0.3 is 5.97 Å². The zero-order chi connectivity index (χ0) is 18.0. The standard InChI is InChI=1S/C18H14ClNO5/c1-24-18(23)14-10-11(19)6-7-15(14)25-9-8-20-16(21)12-4-2-3-5-13(12)17(20)22/h2-7,10H,8-9H2,1H3. The van der Waals surface area contributed by atoms with Crippen molar-refractivity contribution >= 4 is 29.4 Å². The number of hydrogen-bond donors (Lipinski definition) is 0. The van der Waals surface area contributed by atoms with Crippen molar-refractivity contribution in [2.75, 3.05) is 20.3 Å². The topological polar surface area (TPSA) is 72.9 Å². The summed E-state index contributed by atoms with van der Waals surface area (Å²) in [6.07, 6.45) is 0. The fourth-order valence-electron chi connectivity index (χ4n) is 2.59. The van der Waals surface area contributed by atoms with E-state index in [1.165, 1.54) is 19.2 Å². The number of nitrogens with zero attached hydrogens (tertiary/aromatic N) is 1. The predicted octanol–water partition coefficient (Wildman–Crippen LogP) is 2.80. The van der Waals surface area contributed by atoms with Crippen molar-refractivity contribution in [1.29, 1.82) is 0 Å². The van der Waals surface area contributed by atoms with Crippen molar-refractivity contribution in [3.8, 4) is 5.75 Å². The molecule has 0 unspecified atom stereocenters. The molecule has 25 heavy (non-hydrogen) atoms. The predicted molar refractivity (Wildman–Crippen MR) is 90.1 cm³/mol. The van der Waals surface area contributed by atoms with Gasteiger partial charge in [-0.05, 0) is 30.3 Å². The summed E-state index contributed by atoms with van der Waals surface area (Å²) in [6.45, 7) is 0.104. The molecule has 1 aliphatic rings. The highest BCUT2D eigenvalue weighted by Gasteiger charge is 2.34. The largest absolute Gasteiger partial charge is 0.491 e. The molecule has 0 aromatic heterocycles. The van der Waals surface area contributed by atoms with Crippen LogP contribution in [0.1, 0.15) is 31.1 Å². The lowest BCUT2D eigenvalue weighted by molar-refractivity contribution is 0.0582. The van der Waals surface area contributed by atoms with Gasteiger partial charge in [0.25, 0.3) is 11.8 Å². The van der Waals surface area contributed by atoms with E-state index in [1.807, 2.05) is 0 Å². The van der Waals surface area contributed by atoms with Crippen molar-refractivity contribution in [1.82, 2.24) is 4.90 Å². The summed E-state index contributed by atoms with van der Waals surface area (Å²) in [6, 6.07) is 11.2. The smallest absolute Gasteiger partial charge is 0.341 e. The first-order valence-electron chi connectivity index (χ1n) is 7.49. The molecular formula is C18H14ClNO5. The summed E-state index contributed by atoms with van der Waals surface area (Å²) in [5.41, 5.74) is 0.945. The molecule has 2 amide bonds. The van der Waals surface area contributed by atoms with Gasteiger partial charge in [0.2, 0.25) is 0 Å². The van der Waals surface area contributed by atoms with Crippen molar-refractivity contribution in [3.63, 3.8) is 0 Å². The van der Waals surface area contributed by atoms with Crippen LogP contribution in [0.4, 0.5) is 0 Å². The number of amides is 2. The van der Waals surface area contributed by atoms with Gasteiger partial charge < -0.3 is 9.47 Å². The SMILES string of the molecule is COC(=O)c1cc(Cl)ccc1OCCN1C(=O)c2ccccc2C1=O. The van der Waals surface area contributed by atoms with Crippen molar-refractivity contribution in [3.05, 3.63) is 64.2 Å². The van der Waals surface area contributed by atoms with Crippen LogP contribution in [0.5, 0.6) is 5.75 Å². The van der Waals surface area contributed by atoms with Gasteiger partial charge in [-0.2, -0.15) is 0 Å². The minimum Gasteiger partial charge on any atom is -0.491 e. The van der Waals surface area contributed by atoms with Crippen LogP contribution < -0.4 is 4.74 Å².